The summed E-state index contributed by atoms with van der Waals surface area (Å²) in [5.74, 6) is -0.890. The third kappa shape index (κ3) is 5.01. The molecule has 1 aromatic rings. The Morgan fingerprint density at radius 2 is 1.93 bits per heavy atom. The Morgan fingerprint density at radius 3 is 2.36 bits per heavy atom. The second kappa shape index (κ2) is 7.55. The molecule has 0 saturated heterocycles. The van der Waals surface area contributed by atoms with Crippen LogP contribution in [0.25, 0.3) is 0 Å². The highest BCUT2D eigenvalue weighted by atomic mass is 35.5. The van der Waals surface area contributed by atoms with Crippen LogP contribution in [0.4, 0.5) is 0 Å². The molecule has 1 atom stereocenters. The van der Waals surface area contributed by atoms with Gasteiger partial charge in [-0.25, -0.2) is 0 Å². The lowest BCUT2D eigenvalue weighted by Gasteiger charge is -2.07. The fourth-order valence-corrected chi connectivity index (χ4v) is 0.917. The van der Waals surface area contributed by atoms with Crippen molar-refractivity contribution in [3.63, 3.8) is 0 Å². The van der Waals surface area contributed by atoms with Gasteiger partial charge in [0, 0.05) is 18.4 Å². The fourth-order valence-electron chi connectivity index (χ4n) is 0.917. The van der Waals surface area contributed by atoms with Crippen LogP contribution in [0.15, 0.2) is 24.5 Å². The molecule has 0 radical (unpaired) electrons. The van der Waals surface area contributed by atoms with Crippen LogP contribution in [0.5, 0.6) is 0 Å². The molecule has 0 aliphatic carbocycles. The third-order valence-corrected chi connectivity index (χ3v) is 1.53. The molecule has 1 aromatic heterocycles. The van der Waals surface area contributed by atoms with Crippen molar-refractivity contribution in [3.8, 4) is 0 Å². The molecule has 0 aliphatic heterocycles. The number of hydrogen-bond acceptors (Lipinski definition) is 3. The molecule has 80 valence electrons. The van der Waals surface area contributed by atoms with Gasteiger partial charge >= 0.3 is 5.97 Å². The number of aliphatic carboxylic acids is 1. The molecule has 14 heavy (non-hydrogen) atoms. The van der Waals surface area contributed by atoms with Crippen LogP contribution in [0.1, 0.15) is 18.0 Å². The molecule has 0 spiro atoms. The number of halogens is 2. The van der Waals surface area contributed by atoms with Crippen LogP contribution < -0.4 is 5.73 Å². The van der Waals surface area contributed by atoms with Gasteiger partial charge in [-0.3, -0.25) is 9.78 Å². The average molecular weight is 239 g/mol. The van der Waals surface area contributed by atoms with Crippen molar-refractivity contribution in [3.05, 3.63) is 30.1 Å². The summed E-state index contributed by atoms with van der Waals surface area (Å²) >= 11 is 0. The molecule has 1 rings (SSSR count). The minimum atomic E-state index is -0.890. The monoisotopic (exact) mass is 238 g/mol. The van der Waals surface area contributed by atoms with E-state index in [2.05, 4.69) is 4.98 Å². The zero-order valence-corrected chi connectivity index (χ0v) is 8.92. The van der Waals surface area contributed by atoms with Crippen molar-refractivity contribution in [2.75, 3.05) is 0 Å². The highest BCUT2D eigenvalue weighted by Gasteiger charge is 2.09. The van der Waals surface area contributed by atoms with Gasteiger partial charge in [0.05, 0.1) is 6.42 Å². The van der Waals surface area contributed by atoms with Gasteiger partial charge in [-0.1, -0.05) is 0 Å². The average Bonchev–Trinajstić information content (AvgIpc) is 2.05. The van der Waals surface area contributed by atoms with Crippen molar-refractivity contribution in [1.82, 2.24) is 4.98 Å². The van der Waals surface area contributed by atoms with E-state index in [4.69, 9.17) is 10.8 Å². The van der Waals surface area contributed by atoms with E-state index >= 15 is 0 Å². The Bertz CT molecular complexity index is 269. The van der Waals surface area contributed by atoms with E-state index in [1.54, 1.807) is 24.5 Å². The summed E-state index contributed by atoms with van der Waals surface area (Å²) in [5, 5.41) is 8.45. The van der Waals surface area contributed by atoms with E-state index in [0.29, 0.717) is 0 Å². The number of nitrogens with two attached hydrogens (primary N) is 1. The SMILES string of the molecule is Cl.Cl.NC(CC(=O)O)c1ccncc1. The lowest BCUT2D eigenvalue weighted by Crippen LogP contribution is -2.14. The number of nitrogens with zero attached hydrogens (tertiary/aromatic N) is 1. The maximum atomic E-state index is 10.3. The Kier molecular flexibility index (Phi) is 8.43. The van der Waals surface area contributed by atoms with E-state index in [-0.39, 0.29) is 31.2 Å². The molecule has 3 N–H and O–H groups in total. The quantitative estimate of drug-likeness (QED) is 0.835. The van der Waals surface area contributed by atoms with Crippen LogP contribution in [0, 0.1) is 0 Å². The first kappa shape index (κ1) is 15.6. The predicted octanol–water partition coefficient (Wildman–Crippen LogP) is 1.40. The molecule has 6 heteroatoms. The maximum absolute atomic E-state index is 10.3. The lowest BCUT2D eigenvalue weighted by molar-refractivity contribution is -0.137. The first-order valence-electron chi connectivity index (χ1n) is 3.57. The summed E-state index contributed by atoms with van der Waals surface area (Å²) in [4.78, 5) is 14.1. The van der Waals surface area contributed by atoms with Crippen LogP contribution in [0.2, 0.25) is 0 Å². The fraction of sp³-hybridized carbons (Fsp3) is 0.250. The van der Waals surface area contributed by atoms with Crippen LogP contribution in [-0.4, -0.2) is 16.1 Å². The number of rotatable bonds is 3. The maximum Gasteiger partial charge on any atom is 0.305 e. The normalized spacial score (nSPS) is 10.6. The molecule has 0 bridgehead atoms. The van der Waals surface area contributed by atoms with Gasteiger partial charge in [-0.05, 0) is 17.7 Å². The van der Waals surface area contributed by atoms with E-state index in [0.717, 1.165) is 5.56 Å². The molecular formula is C8H12Cl2N2O2. The van der Waals surface area contributed by atoms with Gasteiger partial charge in [0.25, 0.3) is 0 Å². The zero-order valence-electron chi connectivity index (χ0n) is 7.29. The van der Waals surface area contributed by atoms with Crippen molar-refractivity contribution < 1.29 is 9.90 Å². The Balaban J connectivity index is 0. The topological polar surface area (TPSA) is 76.2 Å². The Morgan fingerprint density at radius 1 is 1.43 bits per heavy atom. The summed E-state index contributed by atoms with van der Waals surface area (Å²) in [5.41, 5.74) is 6.39. The predicted molar refractivity (Wildman–Crippen MR) is 57.9 cm³/mol. The first-order valence-corrected chi connectivity index (χ1v) is 3.57. The minimum absolute atomic E-state index is 0. The van der Waals surface area contributed by atoms with E-state index in [9.17, 15) is 4.79 Å². The van der Waals surface area contributed by atoms with E-state index in [1.165, 1.54) is 0 Å². The molecule has 4 nitrogen and oxygen atoms in total. The minimum Gasteiger partial charge on any atom is -0.481 e. The van der Waals surface area contributed by atoms with E-state index < -0.39 is 12.0 Å². The standard InChI is InChI=1S/C8H10N2O2.2ClH/c9-7(5-8(11)12)6-1-3-10-4-2-6;;/h1-4,7H,5,9H2,(H,11,12);2*1H. The van der Waals surface area contributed by atoms with Gasteiger partial charge in [-0.2, -0.15) is 0 Å². The Hall–Kier alpha value is -0.840. The second-order valence-corrected chi connectivity index (χ2v) is 2.48. The highest BCUT2D eigenvalue weighted by molar-refractivity contribution is 5.85. The van der Waals surface area contributed by atoms with Crippen molar-refractivity contribution in [2.24, 2.45) is 5.73 Å². The van der Waals surface area contributed by atoms with Crippen LogP contribution in [0.3, 0.4) is 0 Å². The summed E-state index contributed by atoms with van der Waals surface area (Å²) < 4.78 is 0. The molecule has 1 heterocycles. The highest BCUT2D eigenvalue weighted by Crippen LogP contribution is 2.11. The molecule has 0 amide bonds. The van der Waals surface area contributed by atoms with Crippen molar-refractivity contribution in [1.29, 1.82) is 0 Å². The number of carboxylic acid groups (broad SMARTS) is 1. The van der Waals surface area contributed by atoms with Gasteiger partial charge in [0.2, 0.25) is 0 Å². The molecule has 0 saturated carbocycles. The number of hydrogen-bond donors (Lipinski definition) is 2. The first-order chi connectivity index (χ1) is 5.70. The molecule has 0 aliphatic rings. The largest absolute Gasteiger partial charge is 0.481 e. The number of aromatic nitrogens is 1. The summed E-state index contributed by atoms with van der Waals surface area (Å²) in [6, 6.07) is 2.99. The number of pyridine rings is 1. The van der Waals surface area contributed by atoms with Gasteiger partial charge in [0.15, 0.2) is 0 Å². The zero-order chi connectivity index (χ0) is 8.97. The second-order valence-electron chi connectivity index (χ2n) is 2.48. The number of carbonyl (C=O) groups is 1. The van der Waals surface area contributed by atoms with Gasteiger partial charge in [0.1, 0.15) is 0 Å². The van der Waals surface area contributed by atoms with Gasteiger partial charge in [-0.15, -0.1) is 24.8 Å². The van der Waals surface area contributed by atoms with Crippen molar-refractivity contribution in [2.45, 2.75) is 12.5 Å². The molecule has 0 fully saturated rings. The Labute approximate surface area is 94.3 Å². The van der Waals surface area contributed by atoms with Gasteiger partial charge < -0.3 is 10.8 Å². The number of carboxylic acids is 1. The molecule has 0 aromatic carbocycles. The smallest absolute Gasteiger partial charge is 0.305 e. The van der Waals surface area contributed by atoms with Crippen molar-refractivity contribution >= 4 is 30.8 Å². The van der Waals surface area contributed by atoms with Crippen LogP contribution in [-0.2, 0) is 4.79 Å². The third-order valence-electron chi connectivity index (χ3n) is 1.53. The summed E-state index contributed by atoms with van der Waals surface area (Å²) in [6.07, 6.45) is 3.14. The lowest BCUT2D eigenvalue weighted by atomic mass is 10.1. The summed E-state index contributed by atoms with van der Waals surface area (Å²) in [6.45, 7) is 0. The summed E-state index contributed by atoms with van der Waals surface area (Å²) in [7, 11) is 0. The van der Waals surface area contributed by atoms with E-state index in [1.807, 2.05) is 0 Å². The molecule has 1 unspecified atom stereocenters. The van der Waals surface area contributed by atoms with Crippen LogP contribution >= 0.6 is 24.8 Å². The molecular weight excluding hydrogens is 227 g/mol.